The van der Waals surface area contributed by atoms with Crippen LogP contribution < -0.4 is 21.3 Å². The number of amides is 3. The van der Waals surface area contributed by atoms with Crippen molar-refractivity contribution in [3.8, 4) is 11.4 Å². The topological polar surface area (TPSA) is 126 Å². The zero-order chi connectivity index (χ0) is 23.4. The van der Waals surface area contributed by atoms with Gasteiger partial charge in [0.1, 0.15) is 5.82 Å². The fourth-order valence-electron chi connectivity index (χ4n) is 4.20. The maximum absolute atomic E-state index is 12.2. The van der Waals surface area contributed by atoms with Crippen LogP contribution >= 0.6 is 0 Å². The molecule has 10 nitrogen and oxygen atoms in total. The van der Waals surface area contributed by atoms with Gasteiger partial charge in [0.05, 0.1) is 38.0 Å². The van der Waals surface area contributed by atoms with Crippen molar-refractivity contribution in [3.05, 3.63) is 35.5 Å². The molecule has 1 aromatic carbocycles. The van der Waals surface area contributed by atoms with Crippen molar-refractivity contribution < 1.29 is 14.3 Å². The number of benzene rings is 1. The number of hydrogen-bond acceptors (Lipinski definition) is 7. The van der Waals surface area contributed by atoms with E-state index in [0.29, 0.717) is 50.8 Å². The van der Waals surface area contributed by atoms with Gasteiger partial charge in [-0.1, -0.05) is 0 Å². The summed E-state index contributed by atoms with van der Waals surface area (Å²) < 4.78 is 5.63. The van der Waals surface area contributed by atoms with Crippen LogP contribution in [0.1, 0.15) is 25.1 Å². The average Bonchev–Trinajstić information content (AvgIpc) is 2.83. The smallest absolute Gasteiger partial charge is 0.319 e. The van der Waals surface area contributed by atoms with E-state index in [9.17, 15) is 9.59 Å². The molecule has 2 aliphatic heterocycles. The second-order valence-corrected chi connectivity index (χ2v) is 8.24. The van der Waals surface area contributed by atoms with Gasteiger partial charge in [-0.3, -0.25) is 4.79 Å². The first-order chi connectivity index (χ1) is 16.0. The Morgan fingerprint density at radius 1 is 1.21 bits per heavy atom. The molecule has 3 heterocycles. The summed E-state index contributed by atoms with van der Waals surface area (Å²) in [6.45, 7) is 7.61. The number of hydrogen-bond donors (Lipinski definition) is 3. The van der Waals surface area contributed by atoms with Gasteiger partial charge in [-0.2, -0.15) is 0 Å². The molecule has 0 unspecified atom stereocenters. The van der Waals surface area contributed by atoms with E-state index in [1.165, 1.54) is 0 Å². The van der Waals surface area contributed by atoms with Gasteiger partial charge in [-0.15, -0.1) is 0 Å². The summed E-state index contributed by atoms with van der Waals surface area (Å²) in [5.74, 6) is 1.42. The molecular weight excluding hydrogens is 422 g/mol. The fraction of sp³-hybridized carbons (Fsp3) is 0.478. The van der Waals surface area contributed by atoms with E-state index in [-0.39, 0.29) is 24.5 Å². The van der Waals surface area contributed by atoms with Crippen molar-refractivity contribution in [1.82, 2.24) is 20.2 Å². The first kappa shape index (κ1) is 22.9. The zero-order valence-corrected chi connectivity index (χ0v) is 19.1. The molecule has 1 aromatic heterocycles. The number of nitrogens with two attached hydrogens (primary N) is 1. The van der Waals surface area contributed by atoms with Crippen LogP contribution in [0.15, 0.2) is 24.3 Å². The lowest BCUT2D eigenvalue weighted by atomic mass is 10.0. The number of urea groups is 1. The first-order valence-corrected chi connectivity index (χ1v) is 11.4. The Morgan fingerprint density at radius 3 is 2.70 bits per heavy atom. The number of nitrogens with zero attached hydrogens (tertiary/aromatic N) is 4. The third-order valence-electron chi connectivity index (χ3n) is 5.95. The molecule has 10 heteroatoms. The van der Waals surface area contributed by atoms with Gasteiger partial charge in [0.15, 0.2) is 5.82 Å². The molecular formula is C23H31N7O3. The van der Waals surface area contributed by atoms with E-state index in [1.807, 2.05) is 31.2 Å². The van der Waals surface area contributed by atoms with Crippen LogP contribution in [0, 0.1) is 0 Å². The first-order valence-electron chi connectivity index (χ1n) is 11.4. The van der Waals surface area contributed by atoms with Crippen molar-refractivity contribution in [2.75, 3.05) is 49.6 Å². The molecule has 33 heavy (non-hydrogen) atoms. The fourth-order valence-corrected chi connectivity index (χ4v) is 4.20. The zero-order valence-electron chi connectivity index (χ0n) is 19.1. The van der Waals surface area contributed by atoms with E-state index in [1.54, 1.807) is 4.90 Å². The molecule has 2 aliphatic rings. The van der Waals surface area contributed by atoms with Crippen LogP contribution in [0.2, 0.25) is 0 Å². The summed E-state index contributed by atoms with van der Waals surface area (Å²) in [7, 11) is 0. The predicted octanol–water partition coefficient (Wildman–Crippen LogP) is 1.35. The molecule has 4 rings (SSSR count). The minimum Gasteiger partial charge on any atom is -0.377 e. The van der Waals surface area contributed by atoms with Gasteiger partial charge in [0.2, 0.25) is 5.91 Å². The lowest BCUT2D eigenvalue weighted by molar-refractivity contribution is -0.130. The molecule has 1 saturated heterocycles. The highest BCUT2D eigenvalue weighted by Gasteiger charge is 2.30. The number of carbonyl (C=O) groups is 2. The third-order valence-corrected chi connectivity index (χ3v) is 5.95. The number of ether oxygens (including phenoxy) is 1. The second-order valence-electron chi connectivity index (χ2n) is 8.24. The van der Waals surface area contributed by atoms with E-state index in [2.05, 4.69) is 22.5 Å². The van der Waals surface area contributed by atoms with Gasteiger partial charge in [0, 0.05) is 36.4 Å². The Bertz CT molecular complexity index is 1010. The summed E-state index contributed by atoms with van der Waals surface area (Å²) in [5.41, 5.74) is 9.06. The summed E-state index contributed by atoms with van der Waals surface area (Å²) in [6, 6.07) is 7.38. The molecule has 1 fully saturated rings. The maximum Gasteiger partial charge on any atom is 0.319 e. The normalized spacial score (nSPS) is 18.0. The Labute approximate surface area is 193 Å². The van der Waals surface area contributed by atoms with Crippen LogP contribution in [0.3, 0.4) is 0 Å². The summed E-state index contributed by atoms with van der Waals surface area (Å²) >= 11 is 0. The quantitative estimate of drug-likeness (QED) is 0.624. The van der Waals surface area contributed by atoms with Gasteiger partial charge in [-0.05, 0) is 44.5 Å². The van der Waals surface area contributed by atoms with Crippen LogP contribution in [0.25, 0.3) is 11.4 Å². The summed E-state index contributed by atoms with van der Waals surface area (Å²) in [5, 5.41) is 5.50. The molecule has 0 saturated carbocycles. The summed E-state index contributed by atoms with van der Waals surface area (Å²) in [4.78, 5) is 37.9. The standard InChI is InChI=1S/C23H31N7O3/c1-3-25-23(32)26-17-6-4-16(5-7-17)21-27-19-13-29(20(31)12-24)9-8-18(19)22(28-21)30-10-11-33-14-15(30)2/h4-7,15H,3,8-14,24H2,1-2H3,(H2,25,26,32)/t15-/m0/s1. The third kappa shape index (κ3) is 5.07. The van der Waals surface area contributed by atoms with Crippen LogP contribution in [-0.4, -0.2) is 72.2 Å². The number of morpholine rings is 1. The van der Waals surface area contributed by atoms with E-state index < -0.39 is 0 Å². The van der Waals surface area contributed by atoms with Gasteiger partial charge < -0.3 is 30.9 Å². The highest BCUT2D eigenvalue weighted by molar-refractivity contribution is 5.89. The van der Waals surface area contributed by atoms with E-state index >= 15 is 0 Å². The molecule has 0 bridgehead atoms. The lowest BCUT2D eigenvalue weighted by Crippen LogP contribution is -2.46. The number of nitrogens with one attached hydrogen (secondary N) is 2. The van der Waals surface area contributed by atoms with Crippen molar-refractivity contribution in [2.24, 2.45) is 5.73 Å². The lowest BCUT2D eigenvalue weighted by Gasteiger charge is -2.37. The minimum absolute atomic E-state index is 0.0132. The van der Waals surface area contributed by atoms with E-state index in [0.717, 1.165) is 29.2 Å². The Balaban J connectivity index is 1.69. The summed E-state index contributed by atoms with van der Waals surface area (Å²) in [6.07, 6.45) is 0.691. The van der Waals surface area contributed by atoms with Crippen LogP contribution in [0.5, 0.6) is 0 Å². The van der Waals surface area contributed by atoms with Crippen LogP contribution in [-0.2, 0) is 22.5 Å². The molecule has 0 radical (unpaired) electrons. The monoisotopic (exact) mass is 453 g/mol. The molecule has 0 aliphatic carbocycles. The van der Waals surface area contributed by atoms with E-state index in [4.69, 9.17) is 20.4 Å². The SMILES string of the molecule is CCNC(=O)Nc1ccc(-c2nc3c(c(N4CCOC[C@@H]4C)n2)CCN(C(=O)CN)C3)cc1. The molecule has 0 spiro atoms. The number of aromatic nitrogens is 2. The number of carbonyl (C=O) groups excluding carboxylic acids is 2. The Kier molecular flexibility index (Phi) is 7.05. The highest BCUT2D eigenvalue weighted by atomic mass is 16.5. The molecule has 4 N–H and O–H groups in total. The Hall–Kier alpha value is -3.24. The highest BCUT2D eigenvalue weighted by Crippen LogP contribution is 2.31. The molecule has 176 valence electrons. The second kappa shape index (κ2) is 10.1. The number of rotatable bonds is 5. The minimum atomic E-state index is -0.247. The van der Waals surface area contributed by atoms with Crippen molar-refractivity contribution in [2.45, 2.75) is 32.9 Å². The molecule has 3 amide bonds. The molecule has 1 atom stereocenters. The van der Waals surface area contributed by atoms with Gasteiger partial charge in [-0.25, -0.2) is 14.8 Å². The number of anilines is 2. The maximum atomic E-state index is 12.2. The van der Waals surface area contributed by atoms with Crippen molar-refractivity contribution in [1.29, 1.82) is 0 Å². The predicted molar refractivity (Wildman–Crippen MR) is 126 cm³/mol. The van der Waals surface area contributed by atoms with Gasteiger partial charge in [0.25, 0.3) is 0 Å². The van der Waals surface area contributed by atoms with Crippen molar-refractivity contribution in [3.63, 3.8) is 0 Å². The van der Waals surface area contributed by atoms with Crippen molar-refractivity contribution >= 4 is 23.4 Å². The Morgan fingerprint density at radius 2 is 2.00 bits per heavy atom. The van der Waals surface area contributed by atoms with Gasteiger partial charge >= 0.3 is 6.03 Å². The largest absolute Gasteiger partial charge is 0.377 e. The van der Waals surface area contributed by atoms with Crippen LogP contribution in [0.4, 0.5) is 16.3 Å². The molecule has 2 aromatic rings. The number of fused-ring (bicyclic) bond motifs is 1. The average molecular weight is 454 g/mol.